The number of nitrogens with one attached hydrogen (secondary N) is 3. The Morgan fingerprint density at radius 3 is 2.65 bits per heavy atom. The number of benzene rings is 1. The average Bonchev–Trinajstić information content (AvgIpc) is 3.18. The lowest BCUT2D eigenvalue weighted by atomic mass is 10.1. The summed E-state index contributed by atoms with van der Waals surface area (Å²) in [4.78, 5) is 16.1. The number of nitrogens with zero attached hydrogens (tertiary/aromatic N) is 3. The lowest BCUT2D eigenvalue weighted by Gasteiger charge is -2.03. The largest absolute Gasteiger partial charge is 0.432 e. The molecule has 0 fully saturated rings. The molecule has 7 nitrogen and oxygen atoms in total. The zero-order valence-corrected chi connectivity index (χ0v) is 11.3. The molecule has 3 N–H and O–H groups in total. The second-order valence-corrected chi connectivity index (χ2v) is 4.53. The molecule has 3 aromatic rings. The summed E-state index contributed by atoms with van der Waals surface area (Å²) in [6.45, 7) is 0. The Hall–Kier alpha value is -3.17. The van der Waals surface area contributed by atoms with Crippen LogP contribution >= 0.6 is 0 Å². The lowest BCUT2D eigenvalue weighted by Crippen LogP contribution is -2.12. The van der Waals surface area contributed by atoms with Crippen molar-refractivity contribution in [1.29, 1.82) is 0 Å². The highest BCUT2D eigenvalue weighted by molar-refractivity contribution is 6.04. The van der Waals surface area contributed by atoms with Crippen LogP contribution in [-0.4, -0.2) is 31.3 Å². The lowest BCUT2D eigenvalue weighted by molar-refractivity contribution is -0.141. The van der Waals surface area contributed by atoms with Gasteiger partial charge in [-0.25, -0.2) is 4.98 Å². The van der Waals surface area contributed by atoms with E-state index in [4.69, 9.17) is 0 Å². The molecule has 0 aliphatic carbocycles. The third-order valence-electron chi connectivity index (χ3n) is 2.94. The molecule has 0 unspecified atom stereocenters. The van der Waals surface area contributed by atoms with Gasteiger partial charge < -0.3 is 5.32 Å². The van der Waals surface area contributed by atoms with Crippen molar-refractivity contribution in [3.63, 3.8) is 0 Å². The van der Waals surface area contributed by atoms with Crippen molar-refractivity contribution in [2.75, 3.05) is 5.32 Å². The maximum absolute atomic E-state index is 12.5. The number of carbonyl (C=O) groups is 1. The molecule has 0 spiro atoms. The van der Waals surface area contributed by atoms with E-state index in [1.807, 2.05) is 5.10 Å². The van der Waals surface area contributed by atoms with Crippen LogP contribution in [0.2, 0.25) is 0 Å². The fourth-order valence-electron chi connectivity index (χ4n) is 1.87. The topological polar surface area (TPSA) is 99.3 Å². The van der Waals surface area contributed by atoms with E-state index in [0.29, 0.717) is 11.4 Å². The maximum atomic E-state index is 12.5. The van der Waals surface area contributed by atoms with Crippen molar-refractivity contribution in [3.05, 3.63) is 47.9 Å². The summed E-state index contributed by atoms with van der Waals surface area (Å²) < 4.78 is 37.4. The molecule has 1 amide bonds. The van der Waals surface area contributed by atoms with Crippen LogP contribution in [0.1, 0.15) is 16.1 Å². The molecule has 3 rings (SSSR count). The smallest absolute Gasteiger partial charge is 0.305 e. The Morgan fingerprint density at radius 2 is 2.00 bits per heavy atom. The quantitative estimate of drug-likeness (QED) is 0.689. The molecule has 23 heavy (non-hydrogen) atoms. The van der Waals surface area contributed by atoms with Crippen molar-refractivity contribution in [2.45, 2.75) is 6.18 Å². The second-order valence-electron chi connectivity index (χ2n) is 4.53. The Morgan fingerprint density at radius 1 is 1.17 bits per heavy atom. The SMILES string of the molecule is O=C(Nc1cc(C(F)(F)F)[nH]n1)c1cccc(-c2ncn[nH]2)c1. The summed E-state index contributed by atoms with van der Waals surface area (Å²) in [5.41, 5.74) is -0.174. The Labute approximate surface area is 126 Å². The van der Waals surface area contributed by atoms with E-state index in [0.717, 1.165) is 6.07 Å². The summed E-state index contributed by atoms with van der Waals surface area (Å²) in [5, 5.41) is 13.9. The van der Waals surface area contributed by atoms with Crippen molar-refractivity contribution in [3.8, 4) is 11.4 Å². The molecule has 0 saturated carbocycles. The Bertz CT molecular complexity index is 824. The third kappa shape index (κ3) is 3.20. The first kappa shape index (κ1) is 14.8. The molecule has 0 aliphatic rings. The molecule has 2 aromatic heterocycles. The van der Waals surface area contributed by atoms with E-state index in [-0.39, 0.29) is 11.4 Å². The summed E-state index contributed by atoms with van der Waals surface area (Å²) in [5.74, 6) is -0.335. The van der Waals surface area contributed by atoms with Crippen LogP contribution in [0.15, 0.2) is 36.7 Å². The van der Waals surface area contributed by atoms with E-state index in [1.54, 1.807) is 12.1 Å². The third-order valence-corrected chi connectivity index (χ3v) is 2.94. The van der Waals surface area contributed by atoms with E-state index in [2.05, 4.69) is 25.6 Å². The van der Waals surface area contributed by atoms with E-state index in [1.165, 1.54) is 18.5 Å². The molecular formula is C13H9F3N6O. The van der Waals surface area contributed by atoms with E-state index >= 15 is 0 Å². The number of carbonyl (C=O) groups excluding carboxylic acids is 1. The Balaban J connectivity index is 1.79. The van der Waals surface area contributed by atoms with Gasteiger partial charge in [0, 0.05) is 17.2 Å². The molecular weight excluding hydrogens is 313 g/mol. The van der Waals surface area contributed by atoms with Crippen molar-refractivity contribution in [1.82, 2.24) is 25.4 Å². The number of rotatable bonds is 3. The summed E-state index contributed by atoms with van der Waals surface area (Å²) in [6, 6.07) is 7.12. The van der Waals surface area contributed by atoms with E-state index < -0.39 is 17.8 Å². The normalized spacial score (nSPS) is 11.4. The van der Waals surface area contributed by atoms with Gasteiger partial charge in [-0.2, -0.15) is 23.4 Å². The van der Waals surface area contributed by atoms with Gasteiger partial charge >= 0.3 is 6.18 Å². The number of hydrogen-bond acceptors (Lipinski definition) is 4. The monoisotopic (exact) mass is 322 g/mol. The molecule has 10 heteroatoms. The average molecular weight is 322 g/mol. The van der Waals surface area contributed by atoms with Gasteiger partial charge in [-0.05, 0) is 12.1 Å². The van der Waals surface area contributed by atoms with Gasteiger partial charge in [0.25, 0.3) is 5.91 Å². The highest BCUT2D eigenvalue weighted by Crippen LogP contribution is 2.28. The fourth-order valence-corrected chi connectivity index (χ4v) is 1.87. The molecule has 1 aromatic carbocycles. The highest BCUT2D eigenvalue weighted by atomic mass is 19.4. The predicted octanol–water partition coefficient (Wildman–Crippen LogP) is 2.47. The number of halogens is 3. The number of H-pyrrole nitrogens is 2. The van der Waals surface area contributed by atoms with Gasteiger partial charge in [-0.15, -0.1) is 0 Å². The van der Waals surface area contributed by atoms with Gasteiger partial charge in [0.05, 0.1) is 0 Å². The standard InChI is InChI=1S/C13H9F3N6O/c14-13(15,16)9-5-10(21-20-9)19-12(23)8-3-1-2-7(4-8)11-17-6-18-22-11/h1-6H,(H,17,18,22)(H2,19,20,21,23). The first-order valence-electron chi connectivity index (χ1n) is 6.33. The zero-order valence-electron chi connectivity index (χ0n) is 11.3. The first-order chi connectivity index (χ1) is 10.9. The minimum absolute atomic E-state index is 0.215. The number of anilines is 1. The number of amides is 1. The van der Waals surface area contributed by atoms with Gasteiger partial charge in [-0.3, -0.25) is 15.0 Å². The second kappa shape index (κ2) is 5.55. The van der Waals surface area contributed by atoms with Crippen LogP contribution in [0.25, 0.3) is 11.4 Å². The van der Waals surface area contributed by atoms with E-state index in [9.17, 15) is 18.0 Å². The Kier molecular flexibility index (Phi) is 3.56. The van der Waals surface area contributed by atoms with Gasteiger partial charge in [0.15, 0.2) is 11.6 Å². The number of aromatic amines is 2. The van der Waals surface area contributed by atoms with Crippen LogP contribution in [0, 0.1) is 0 Å². The van der Waals surface area contributed by atoms with Crippen LogP contribution < -0.4 is 5.32 Å². The van der Waals surface area contributed by atoms with Gasteiger partial charge in [0.1, 0.15) is 12.0 Å². The molecule has 0 bridgehead atoms. The predicted molar refractivity (Wildman–Crippen MR) is 73.4 cm³/mol. The van der Waals surface area contributed by atoms with Crippen LogP contribution in [0.3, 0.4) is 0 Å². The molecule has 118 valence electrons. The number of alkyl halides is 3. The maximum Gasteiger partial charge on any atom is 0.432 e. The summed E-state index contributed by atoms with van der Waals surface area (Å²) in [6.07, 6.45) is -3.23. The minimum atomic E-state index is -4.55. The highest BCUT2D eigenvalue weighted by Gasteiger charge is 2.33. The van der Waals surface area contributed by atoms with Crippen LogP contribution in [0.5, 0.6) is 0 Å². The number of hydrogen-bond donors (Lipinski definition) is 3. The van der Waals surface area contributed by atoms with Crippen LogP contribution in [-0.2, 0) is 6.18 Å². The van der Waals surface area contributed by atoms with Crippen LogP contribution in [0.4, 0.5) is 19.0 Å². The molecule has 0 radical (unpaired) electrons. The zero-order chi connectivity index (χ0) is 16.4. The van der Waals surface area contributed by atoms with Gasteiger partial charge in [-0.1, -0.05) is 12.1 Å². The fraction of sp³-hybridized carbons (Fsp3) is 0.0769. The first-order valence-corrected chi connectivity index (χ1v) is 6.33. The molecule has 0 aliphatic heterocycles. The molecule has 0 atom stereocenters. The van der Waals surface area contributed by atoms with Crippen molar-refractivity contribution in [2.24, 2.45) is 0 Å². The number of aromatic nitrogens is 5. The van der Waals surface area contributed by atoms with Crippen molar-refractivity contribution >= 4 is 11.7 Å². The molecule has 2 heterocycles. The van der Waals surface area contributed by atoms with Crippen molar-refractivity contribution < 1.29 is 18.0 Å². The van der Waals surface area contributed by atoms with Gasteiger partial charge in [0.2, 0.25) is 0 Å². The minimum Gasteiger partial charge on any atom is -0.305 e. The summed E-state index contributed by atoms with van der Waals surface area (Å²) >= 11 is 0. The molecule has 0 saturated heterocycles. The summed E-state index contributed by atoms with van der Waals surface area (Å²) in [7, 11) is 0.